The monoisotopic (exact) mass is 354 g/mol. The molecule has 0 saturated carbocycles. The summed E-state index contributed by atoms with van der Waals surface area (Å²) in [6.45, 7) is 0. The summed E-state index contributed by atoms with van der Waals surface area (Å²) in [5, 5.41) is 22.5. The first-order chi connectivity index (χ1) is 9.90. The van der Waals surface area contributed by atoms with E-state index in [4.69, 9.17) is 0 Å². The Morgan fingerprint density at radius 2 is 2.05 bits per heavy atom. The molecular formula is C13H8BrFN2O4. The smallest absolute Gasteiger partial charge is 0.282 e. The summed E-state index contributed by atoms with van der Waals surface area (Å²) in [4.78, 5) is 22.2. The number of carbonyl (C=O) groups excluding carboxylic acids is 1. The molecule has 108 valence electrons. The van der Waals surface area contributed by atoms with Crippen molar-refractivity contribution in [2.45, 2.75) is 0 Å². The van der Waals surface area contributed by atoms with Gasteiger partial charge in [-0.15, -0.1) is 0 Å². The molecule has 6 nitrogen and oxygen atoms in total. The van der Waals surface area contributed by atoms with Crippen molar-refractivity contribution in [3.63, 3.8) is 0 Å². The molecule has 0 unspecified atom stereocenters. The van der Waals surface area contributed by atoms with Crippen molar-refractivity contribution in [2.75, 3.05) is 5.32 Å². The number of anilines is 1. The standard InChI is InChI=1S/C13H8BrFN2O4/c14-9-2-1-3-10(15)12(9)16-13(19)8-6-7(18)4-5-11(8)17(20)21/h1-6,18H,(H,16,19). The third kappa shape index (κ3) is 3.16. The maximum absolute atomic E-state index is 13.6. The Morgan fingerprint density at radius 3 is 2.67 bits per heavy atom. The van der Waals surface area contributed by atoms with Crippen LogP contribution in [0.3, 0.4) is 0 Å². The number of hydrogen-bond donors (Lipinski definition) is 2. The summed E-state index contributed by atoms with van der Waals surface area (Å²) in [7, 11) is 0. The molecule has 2 aromatic rings. The third-order valence-corrected chi connectivity index (χ3v) is 3.28. The number of halogens is 2. The van der Waals surface area contributed by atoms with E-state index in [9.17, 15) is 24.4 Å². The van der Waals surface area contributed by atoms with E-state index in [1.54, 1.807) is 0 Å². The van der Waals surface area contributed by atoms with Crippen LogP contribution in [0.4, 0.5) is 15.8 Å². The van der Waals surface area contributed by atoms with Crippen LogP contribution in [0, 0.1) is 15.9 Å². The molecule has 0 aliphatic heterocycles. The Kier molecular flexibility index (Phi) is 4.18. The van der Waals surface area contributed by atoms with Gasteiger partial charge in [0.1, 0.15) is 17.1 Å². The summed E-state index contributed by atoms with van der Waals surface area (Å²) in [5.41, 5.74) is -0.993. The fraction of sp³-hybridized carbons (Fsp3) is 0. The molecule has 0 spiro atoms. The number of carbonyl (C=O) groups is 1. The molecule has 1 amide bonds. The SMILES string of the molecule is O=C(Nc1c(F)cccc1Br)c1cc(O)ccc1[N+](=O)[O-]. The average molecular weight is 355 g/mol. The second-order valence-electron chi connectivity index (χ2n) is 4.01. The molecule has 0 saturated heterocycles. The van der Waals surface area contributed by atoms with E-state index in [-0.39, 0.29) is 17.0 Å². The van der Waals surface area contributed by atoms with Crippen molar-refractivity contribution >= 4 is 33.2 Å². The van der Waals surface area contributed by atoms with Gasteiger partial charge in [-0.05, 0) is 40.2 Å². The average Bonchev–Trinajstić information content (AvgIpc) is 2.42. The first-order valence-electron chi connectivity index (χ1n) is 5.63. The van der Waals surface area contributed by atoms with Crippen molar-refractivity contribution in [1.29, 1.82) is 0 Å². The zero-order valence-corrected chi connectivity index (χ0v) is 11.9. The molecule has 0 aromatic heterocycles. The van der Waals surface area contributed by atoms with Crippen LogP contribution in [-0.4, -0.2) is 15.9 Å². The lowest BCUT2D eigenvalue weighted by Crippen LogP contribution is -2.15. The Balaban J connectivity index is 2.41. The Morgan fingerprint density at radius 1 is 1.33 bits per heavy atom. The van der Waals surface area contributed by atoms with Gasteiger partial charge in [0.2, 0.25) is 0 Å². The van der Waals surface area contributed by atoms with Crippen LogP contribution < -0.4 is 5.32 Å². The molecule has 2 aromatic carbocycles. The quantitative estimate of drug-likeness (QED) is 0.652. The van der Waals surface area contributed by atoms with Gasteiger partial charge in [0.05, 0.1) is 10.6 Å². The van der Waals surface area contributed by atoms with Crippen molar-refractivity contribution in [2.24, 2.45) is 0 Å². The van der Waals surface area contributed by atoms with E-state index >= 15 is 0 Å². The minimum Gasteiger partial charge on any atom is -0.508 e. The predicted molar refractivity (Wildman–Crippen MR) is 76.8 cm³/mol. The fourth-order valence-corrected chi connectivity index (χ4v) is 2.10. The zero-order valence-electron chi connectivity index (χ0n) is 10.3. The Hall–Kier alpha value is -2.48. The van der Waals surface area contributed by atoms with Crippen LogP contribution in [0.1, 0.15) is 10.4 Å². The van der Waals surface area contributed by atoms with E-state index in [2.05, 4.69) is 21.2 Å². The topological polar surface area (TPSA) is 92.5 Å². The van der Waals surface area contributed by atoms with Crippen LogP contribution >= 0.6 is 15.9 Å². The van der Waals surface area contributed by atoms with Gasteiger partial charge < -0.3 is 10.4 Å². The lowest BCUT2D eigenvalue weighted by Gasteiger charge is -2.09. The molecule has 2 N–H and O–H groups in total. The van der Waals surface area contributed by atoms with Gasteiger partial charge in [-0.3, -0.25) is 14.9 Å². The van der Waals surface area contributed by atoms with Gasteiger partial charge in [0, 0.05) is 10.5 Å². The minimum atomic E-state index is -0.900. The van der Waals surface area contributed by atoms with Gasteiger partial charge in [-0.25, -0.2) is 4.39 Å². The molecule has 0 bridgehead atoms. The highest BCUT2D eigenvalue weighted by Gasteiger charge is 2.22. The van der Waals surface area contributed by atoms with Crippen LogP contribution in [0.15, 0.2) is 40.9 Å². The number of amides is 1. The molecule has 8 heteroatoms. The normalized spacial score (nSPS) is 10.2. The molecular weight excluding hydrogens is 347 g/mol. The number of para-hydroxylation sites is 1. The van der Waals surface area contributed by atoms with Crippen molar-refractivity contribution in [3.05, 3.63) is 62.4 Å². The lowest BCUT2D eigenvalue weighted by atomic mass is 10.1. The number of nitrogens with one attached hydrogen (secondary N) is 1. The molecule has 0 fully saturated rings. The zero-order chi connectivity index (χ0) is 15.6. The van der Waals surface area contributed by atoms with E-state index in [1.807, 2.05) is 0 Å². The van der Waals surface area contributed by atoms with Crippen LogP contribution in [-0.2, 0) is 0 Å². The highest BCUT2D eigenvalue weighted by Crippen LogP contribution is 2.28. The van der Waals surface area contributed by atoms with Gasteiger partial charge in [0.25, 0.3) is 11.6 Å². The van der Waals surface area contributed by atoms with Gasteiger partial charge >= 0.3 is 0 Å². The molecule has 0 aliphatic carbocycles. The second kappa shape index (κ2) is 5.88. The predicted octanol–water partition coefficient (Wildman–Crippen LogP) is 3.45. The van der Waals surface area contributed by atoms with Crippen molar-refractivity contribution in [1.82, 2.24) is 0 Å². The van der Waals surface area contributed by atoms with Crippen molar-refractivity contribution in [3.8, 4) is 5.75 Å². The van der Waals surface area contributed by atoms with E-state index < -0.39 is 22.3 Å². The third-order valence-electron chi connectivity index (χ3n) is 2.62. The summed E-state index contributed by atoms with van der Waals surface area (Å²) in [6.07, 6.45) is 0. The first kappa shape index (κ1) is 14.9. The lowest BCUT2D eigenvalue weighted by molar-refractivity contribution is -0.385. The highest BCUT2D eigenvalue weighted by molar-refractivity contribution is 9.10. The molecule has 0 atom stereocenters. The molecule has 2 rings (SSSR count). The number of aromatic hydroxyl groups is 1. The number of phenolic OH excluding ortho intramolecular Hbond substituents is 1. The minimum absolute atomic E-state index is 0.139. The molecule has 0 aliphatic rings. The number of phenols is 1. The maximum Gasteiger partial charge on any atom is 0.282 e. The molecule has 21 heavy (non-hydrogen) atoms. The number of rotatable bonds is 3. The number of hydrogen-bond acceptors (Lipinski definition) is 4. The number of benzene rings is 2. The number of nitro benzene ring substituents is 1. The van der Waals surface area contributed by atoms with Crippen LogP contribution in [0.2, 0.25) is 0 Å². The summed E-state index contributed by atoms with van der Waals surface area (Å²) in [6, 6.07) is 7.12. The highest BCUT2D eigenvalue weighted by atomic mass is 79.9. The van der Waals surface area contributed by atoms with E-state index in [1.165, 1.54) is 12.1 Å². The maximum atomic E-state index is 13.6. The van der Waals surface area contributed by atoms with E-state index in [0.29, 0.717) is 4.47 Å². The Bertz CT molecular complexity index is 716. The van der Waals surface area contributed by atoms with Gasteiger partial charge in [-0.1, -0.05) is 6.07 Å². The second-order valence-corrected chi connectivity index (χ2v) is 4.86. The van der Waals surface area contributed by atoms with Crippen molar-refractivity contribution < 1.29 is 19.2 Å². The number of nitro groups is 1. The fourth-order valence-electron chi connectivity index (χ4n) is 1.66. The summed E-state index contributed by atoms with van der Waals surface area (Å²) >= 11 is 3.07. The van der Waals surface area contributed by atoms with Gasteiger partial charge in [0.15, 0.2) is 0 Å². The molecule has 0 radical (unpaired) electrons. The number of nitrogens with zero attached hydrogens (tertiary/aromatic N) is 1. The van der Waals surface area contributed by atoms with Crippen LogP contribution in [0.25, 0.3) is 0 Å². The first-order valence-corrected chi connectivity index (χ1v) is 6.42. The summed E-state index contributed by atoms with van der Waals surface area (Å²) < 4.78 is 13.9. The Labute approximate surface area is 126 Å². The van der Waals surface area contributed by atoms with E-state index in [0.717, 1.165) is 24.3 Å². The summed E-state index contributed by atoms with van der Waals surface area (Å²) in [5.74, 6) is -1.90. The molecule has 0 heterocycles. The largest absolute Gasteiger partial charge is 0.508 e. The van der Waals surface area contributed by atoms with Crippen LogP contribution in [0.5, 0.6) is 5.75 Å². The van der Waals surface area contributed by atoms with Gasteiger partial charge in [-0.2, -0.15) is 0 Å².